The maximum atomic E-state index is 5.89. The predicted octanol–water partition coefficient (Wildman–Crippen LogP) is 3.23. The summed E-state index contributed by atoms with van der Waals surface area (Å²) in [5.41, 5.74) is 7.13. The van der Waals surface area contributed by atoms with Gasteiger partial charge in [-0.15, -0.1) is 11.3 Å². The highest BCUT2D eigenvalue weighted by Crippen LogP contribution is 2.31. The van der Waals surface area contributed by atoms with Gasteiger partial charge in [-0.25, -0.2) is 0 Å². The molecule has 11 heavy (non-hydrogen) atoms. The van der Waals surface area contributed by atoms with Crippen LogP contribution in [0.4, 0.5) is 0 Å². The van der Waals surface area contributed by atoms with Gasteiger partial charge >= 0.3 is 0 Å². The minimum absolute atomic E-state index is 0.189. The van der Waals surface area contributed by atoms with E-state index in [1.165, 1.54) is 14.2 Å². The van der Waals surface area contributed by atoms with Crippen molar-refractivity contribution >= 4 is 27.3 Å². The summed E-state index contributed by atoms with van der Waals surface area (Å²) in [6.45, 7) is 4.20. The quantitative estimate of drug-likeness (QED) is 0.835. The van der Waals surface area contributed by atoms with Gasteiger partial charge in [-0.1, -0.05) is 6.92 Å². The zero-order valence-corrected chi connectivity index (χ0v) is 9.13. The topological polar surface area (TPSA) is 26.0 Å². The Morgan fingerprint density at radius 2 is 2.36 bits per heavy atom. The molecule has 1 aromatic rings. The number of halogens is 1. The maximum Gasteiger partial charge on any atom is 0.0748 e. The van der Waals surface area contributed by atoms with Crippen molar-refractivity contribution in [3.05, 3.63) is 20.3 Å². The van der Waals surface area contributed by atoms with Gasteiger partial charge in [0, 0.05) is 10.9 Å². The van der Waals surface area contributed by atoms with E-state index in [1.54, 1.807) is 11.3 Å². The molecule has 1 rings (SSSR count). The summed E-state index contributed by atoms with van der Waals surface area (Å²) in [5, 5.41) is 0. The van der Waals surface area contributed by atoms with Crippen LogP contribution in [0.1, 0.15) is 29.8 Å². The van der Waals surface area contributed by atoms with Crippen molar-refractivity contribution in [2.24, 2.45) is 5.73 Å². The van der Waals surface area contributed by atoms with Gasteiger partial charge in [0.2, 0.25) is 0 Å². The standard InChI is InChI=1S/C8H12BrNS/c1-3-7(10)6-4-5(2)11-8(6)9/h4,7H,3,10H2,1-2H3. The molecule has 0 bridgehead atoms. The second-order valence-corrected chi connectivity index (χ2v) is 5.18. The van der Waals surface area contributed by atoms with E-state index in [0.717, 1.165) is 6.42 Å². The Morgan fingerprint density at radius 3 is 2.73 bits per heavy atom. The van der Waals surface area contributed by atoms with E-state index in [0.29, 0.717) is 0 Å². The second-order valence-electron chi connectivity index (χ2n) is 2.60. The Labute approximate surface area is 79.7 Å². The van der Waals surface area contributed by atoms with E-state index in [2.05, 4.69) is 35.8 Å². The van der Waals surface area contributed by atoms with Crippen molar-refractivity contribution in [3.63, 3.8) is 0 Å². The number of rotatable bonds is 2. The fourth-order valence-corrected chi connectivity index (χ4v) is 2.95. The van der Waals surface area contributed by atoms with Crippen LogP contribution in [0.25, 0.3) is 0 Å². The van der Waals surface area contributed by atoms with Crippen molar-refractivity contribution < 1.29 is 0 Å². The Hall–Kier alpha value is 0.140. The third-order valence-electron chi connectivity index (χ3n) is 1.68. The SMILES string of the molecule is CCC(N)c1cc(C)sc1Br. The first-order valence-electron chi connectivity index (χ1n) is 3.66. The smallest absolute Gasteiger partial charge is 0.0748 e. The van der Waals surface area contributed by atoms with E-state index < -0.39 is 0 Å². The average molecular weight is 234 g/mol. The van der Waals surface area contributed by atoms with E-state index in [1.807, 2.05) is 0 Å². The van der Waals surface area contributed by atoms with Crippen LogP contribution >= 0.6 is 27.3 Å². The molecule has 0 saturated heterocycles. The molecule has 62 valence electrons. The minimum Gasteiger partial charge on any atom is -0.324 e. The molecular weight excluding hydrogens is 222 g/mol. The number of hydrogen-bond acceptors (Lipinski definition) is 2. The first-order valence-corrected chi connectivity index (χ1v) is 5.27. The molecule has 1 atom stereocenters. The molecule has 0 fully saturated rings. The largest absolute Gasteiger partial charge is 0.324 e. The minimum atomic E-state index is 0.189. The number of nitrogens with two attached hydrogens (primary N) is 1. The average Bonchev–Trinajstić information content (AvgIpc) is 2.28. The molecule has 0 amide bonds. The molecule has 0 aromatic carbocycles. The Morgan fingerprint density at radius 1 is 1.73 bits per heavy atom. The third kappa shape index (κ3) is 2.04. The van der Waals surface area contributed by atoms with Gasteiger partial charge in [0.1, 0.15) is 0 Å². The molecule has 1 nitrogen and oxygen atoms in total. The van der Waals surface area contributed by atoms with Gasteiger partial charge in [0.05, 0.1) is 3.79 Å². The zero-order valence-electron chi connectivity index (χ0n) is 6.73. The van der Waals surface area contributed by atoms with E-state index in [9.17, 15) is 0 Å². The lowest BCUT2D eigenvalue weighted by atomic mass is 10.1. The van der Waals surface area contributed by atoms with Crippen molar-refractivity contribution in [3.8, 4) is 0 Å². The first-order chi connectivity index (χ1) is 5.15. The van der Waals surface area contributed by atoms with Crippen LogP contribution in [-0.4, -0.2) is 0 Å². The monoisotopic (exact) mass is 233 g/mol. The molecule has 0 saturated carbocycles. The lowest BCUT2D eigenvalue weighted by Crippen LogP contribution is -2.07. The maximum absolute atomic E-state index is 5.89. The Balaban J connectivity index is 2.93. The van der Waals surface area contributed by atoms with Crippen molar-refractivity contribution in [1.82, 2.24) is 0 Å². The molecule has 0 spiro atoms. The van der Waals surface area contributed by atoms with Gasteiger partial charge < -0.3 is 5.73 Å². The molecule has 0 radical (unpaired) electrons. The van der Waals surface area contributed by atoms with Crippen molar-refractivity contribution in [1.29, 1.82) is 0 Å². The molecular formula is C8H12BrNS. The highest BCUT2D eigenvalue weighted by Gasteiger charge is 2.09. The summed E-state index contributed by atoms with van der Waals surface area (Å²) in [5.74, 6) is 0. The normalized spacial score (nSPS) is 13.5. The number of aryl methyl sites for hydroxylation is 1. The third-order valence-corrected chi connectivity index (χ3v) is 3.47. The fraction of sp³-hybridized carbons (Fsp3) is 0.500. The molecule has 0 aliphatic rings. The van der Waals surface area contributed by atoms with E-state index in [4.69, 9.17) is 5.73 Å². The van der Waals surface area contributed by atoms with Crippen LogP contribution in [0, 0.1) is 6.92 Å². The molecule has 1 unspecified atom stereocenters. The lowest BCUT2D eigenvalue weighted by molar-refractivity contribution is 0.698. The first kappa shape index (κ1) is 9.23. The van der Waals surface area contributed by atoms with Gasteiger partial charge in [-0.2, -0.15) is 0 Å². The highest BCUT2D eigenvalue weighted by atomic mass is 79.9. The van der Waals surface area contributed by atoms with Crippen LogP contribution < -0.4 is 5.73 Å². The van der Waals surface area contributed by atoms with Gasteiger partial charge in [-0.05, 0) is 40.9 Å². The van der Waals surface area contributed by atoms with E-state index in [-0.39, 0.29) is 6.04 Å². The fourth-order valence-electron chi connectivity index (χ4n) is 0.978. The van der Waals surface area contributed by atoms with Crippen LogP contribution in [0.2, 0.25) is 0 Å². The van der Waals surface area contributed by atoms with Crippen molar-refractivity contribution in [2.45, 2.75) is 26.3 Å². The van der Waals surface area contributed by atoms with E-state index >= 15 is 0 Å². The van der Waals surface area contributed by atoms with Crippen LogP contribution in [0.3, 0.4) is 0 Å². The van der Waals surface area contributed by atoms with Gasteiger partial charge in [-0.3, -0.25) is 0 Å². The Kier molecular flexibility index (Phi) is 3.10. The summed E-state index contributed by atoms with van der Waals surface area (Å²) in [7, 11) is 0. The molecule has 0 aliphatic heterocycles. The van der Waals surface area contributed by atoms with Crippen LogP contribution in [-0.2, 0) is 0 Å². The summed E-state index contributed by atoms with van der Waals surface area (Å²) < 4.78 is 1.18. The van der Waals surface area contributed by atoms with Crippen LogP contribution in [0.5, 0.6) is 0 Å². The Bertz CT molecular complexity index is 244. The lowest BCUT2D eigenvalue weighted by Gasteiger charge is -2.05. The molecule has 3 heteroatoms. The summed E-state index contributed by atoms with van der Waals surface area (Å²) in [6, 6.07) is 2.34. The molecule has 1 heterocycles. The number of hydrogen-bond donors (Lipinski definition) is 1. The second kappa shape index (κ2) is 3.70. The number of thiophene rings is 1. The van der Waals surface area contributed by atoms with Crippen molar-refractivity contribution in [2.75, 3.05) is 0 Å². The molecule has 0 aliphatic carbocycles. The molecule has 1 aromatic heterocycles. The van der Waals surface area contributed by atoms with Crippen LogP contribution in [0.15, 0.2) is 9.85 Å². The summed E-state index contributed by atoms with van der Waals surface area (Å²) in [4.78, 5) is 1.32. The van der Waals surface area contributed by atoms with Gasteiger partial charge in [0.25, 0.3) is 0 Å². The molecule has 2 N–H and O–H groups in total. The highest BCUT2D eigenvalue weighted by molar-refractivity contribution is 9.11. The zero-order chi connectivity index (χ0) is 8.43. The summed E-state index contributed by atoms with van der Waals surface area (Å²) >= 11 is 5.25. The van der Waals surface area contributed by atoms with Gasteiger partial charge in [0.15, 0.2) is 0 Å². The predicted molar refractivity (Wildman–Crippen MR) is 54.0 cm³/mol. The summed E-state index contributed by atoms with van der Waals surface area (Å²) in [6.07, 6.45) is 0.995.